The van der Waals surface area contributed by atoms with Crippen molar-refractivity contribution in [3.05, 3.63) is 29.3 Å². The van der Waals surface area contributed by atoms with Crippen molar-refractivity contribution in [2.45, 2.75) is 26.2 Å². The molecular weight excluding hydrogens is 268 g/mol. The van der Waals surface area contributed by atoms with E-state index in [2.05, 4.69) is 6.07 Å². The number of benzene rings is 1. The minimum Gasteiger partial charge on any atom is -0.448 e. The molecule has 1 aromatic rings. The monoisotopic (exact) mass is 288 g/mol. The number of aryl methyl sites for hydroxylation is 2. The van der Waals surface area contributed by atoms with E-state index in [1.807, 2.05) is 24.0 Å². The van der Waals surface area contributed by atoms with Crippen molar-refractivity contribution in [2.75, 3.05) is 31.1 Å². The van der Waals surface area contributed by atoms with Gasteiger partial charge in [-0.15, -0.1) is 0 Å². The molecule has 0 bridgehead atoms. The normalized spacial score (nSPS) is 17.7. The summed E-state index contributed by atoms with van der Waals surface area (Å²) < 4.78 is 4.88. The topological polar surface area (TPSA) is 49.9 Å². The van der Waals surface area contributed by atoms with Crippen molar-refractivity contribution in [1.82, 2.24) is 4.90 Å². The molecule has 2 amide bonds. The van der Waals surface area contributed by atoms with Crippen LogP contribution in [-0.2, 0) is 16.0 Å². The molecule has 0 unspecified atom stereocenters. The molecule has 112 valence electrons. The summed E-state index contributed by atoms with van der Waals surface area (Å²) in [5.41, 5.74) is 3.45. The Morgan fingerprint density at radius 2 is 2.19 bits per heavy atom. The number of carbonyl (C=O) groups excluding carboxylic acids is 2. The third-order valence-corrected chi connectivity index (χ3v) is 4.16. The van der Waals surface area contributed by atoms with Crippen LogP contribution in [0.1, 0.15) is 24.0 Å². The summed E-state index contributed by atoms with van der Waals surface area (Å²) in [5, 5.41) is 0. The van der Waals surface area contributed by atoms with E-state index in [1.165, 1.54) is 5.56 Å². The van der Waals surface area contributed by atoms with Crippen LogP contribution < -0.4 is 4.90 Å². The second kappa shape index (κ2) is 5.76. The van der Waals surface area contributed by atoms with Gasteiger partial charge in [0.15, 0.2) is 0 Å². The molecule has 0 atom stereocenters. The minimum atomic E-state index is -0.307. The van der Waals surface area contributed by atoms with Crippen LogP contribution in [0.5, 0.6) is 0 Å². The van der Waals surface area contributed by atoms with Crippen LogP contribution in [0.2, 0.25) is 0 Å². The van der Waals surface area contributed by atoms with Gasteiger partial charge < -0.3 is 14.5 Å². The van der Waals surface area contributed by atoms with Gasteiger partial charge in [0.2, 0.25) is 5.91 Å². The van der Waals surface area contributed by atoms with E-state index >= 15 is 0 Å². The quantitative estimate of drug-likeness (QED) is 0.856. The Morgan fingerprint density at radius 3 is 2.95 bits per heavy atom. The van der Waals surface area contributed by atoms with Gasteiger partial charge in [0.1, 0.15) is 6.61 Å². The first kappa shape index (κ1) is 13.9. The fraction of sp³-hybridized carbons (Fsp3) is 0.500. The molecule has 2 heterocycles. The van der Waals surface area contributed by atoms with Gasteiger partial charge in [0, 0.05) is 25.2 Å². The number of anilines is 1. The molecule has 1 fully saturated rings. The maximum atomic E-state index is 12.5. The summed E-state index contributed by atoms with van der Waals surface area (Å²) in [6, 6.07) is 6.18. The van der Waals surface area contributed by atoms with Crippen LogP contribution in [0.25, 0.3) is 0 Å². The number of rotatable bonds is 3. The number of para-hydroxylation sites is 1. The molecule has 0 N–H and O–H groups in total. The number of nitrogens with zero attached hydrogens (tertiary/aromatic N) is 2. The second-order valence-corrected chi connectivity index (χ2v) is 5.58. The van der Waals surface area contributed by atoms with E-state index in [0.717, 1.165) is 30.6 Å². The second-order valence-electron chi connectivity index (χ2n) is 5.58. The van der Waals surface area contributed by atoms with Gasteiger partial charge in [-0.2, -0.15) is 0 Å². The first-order valence-corrected chi connectivity index (χ1v) is 7.47. The van der Waals surface area contributed by atoms with Crippen LogP contribution in [0.4, 0.5) is 10.5 Å². The van der Waals surface area contributed by atoms with Gasteiger partial charge in [-0.05, 0) is 30.9 Å². The number of hydrogen-bond acceptors (Lipinski definition) is 3. The van der Waals surface area contributed by atoms with E-state index < -0.39 is 0 Å². The Morgan fingerprint density at radius 1 is 1.33 bits per heavy atom. The Labute approximate surface area is 124 Å². The van der Waals surface area contributed by atoms with Crippen LogP contribution in [0.3, 0.4) is 0 Å². The minimum absolute atomic E-state index is 0.0879. The Kier molecular flexibility index (Phi) is 3.82. The van der Waals surface area contributed by atoms with Crippen molar-refractivity contribution in [1.29, 1.82) is 0 Å². The highest BCUT2D eigenvalue weighted by Gasteiger charge is 2.26. The average molecular weight is 288 g/mol. The highest BCUT2D eigenvalue weighted by Crippen LogP contribution is 2.30. The zero-order chi connectivity index (χ0) is 14.8. The highest BCUT2D eigenvalue weighted by molar-refractivity contribution is 5.95. The maximum absolute atomic E-state index is 12.5. The van der Waals surface area contributed by atoms with Crippen LogP contribution in [0.15, 0.2) is 18.2 Å². The summed E-state index contributed by atoms with van der Waals surface area (Å²) in [6.45, 7) is 4.26. The van der Waals surface area contributed by atoms with Crippen molar-refractivity contribution in [2.24, 2.45) is 0 Å². The molecule has 2 aliphatic rings. The predicted octanol–water partition coefficient (Wildman–Crippen LogP) is 2.12. The van der Waals surface area contributed by atoms with Gasteiger partial charge in [-0.1, -0.05) is 18.2 Å². The first-order valence-electron chi connectivity index (χ1n) is 7.47. The van der Waals surface area contributed by atoms with Gasteiger partial charge in [-0.25, -0.2) is 4.79 Å². The maximum Gasteiger partial charge on any atom is 0.409 e. The Hall–Kier alpha value is -2.04. The van der Waals surface area contributed by atoms with E-state index in [9.17, 15) is 9.59 Å². The van der Waals surface area contributed by atoms with E-state index in [0.29, 0.717) is 26.1 Å². The van der Waals surface area contributed by atoms with Gasteiger partial charge in [0.25, 0.3) is 0 Å². The zero-order valence-corrected chi connectivity index (χ0v) is 12.3. The first-order chi connectivity index (χ1) is 10.2. The van der Waals surface area contributed by atoms with Crippen molar-refractivity contribution < 1.29 is 14.3 Å². The third kappa shape index (κ3) is 2.73. The average Bonchev–Trinajstić information content (AvgIpc) is 2.90. The van der Waals surface area contributed by atoms with Crippen LogP contribution in [-0.4, -0.2) is 43.1 Å². The lowest BCUT2D eigenvalue weighted by Gasteiger charge is -2.31. The molecule has 1 aromatic carbocycles. The molecule has 0 aliphatic carbocycles. The van der Waals surface area contributed by atoms with E-state index in [-0.39, 0.29) is 12.0 Å². The summed E-state index contributed by atoms with van der Waals surface area (Å²) >= 11 is 0. The number of fused-ring (bicyclic) bond motifs is 1. The zero-order valence-electron chi connectivity index (χ0n) is 12.3. The summed E-state index contributed by atoms with van der Waals surface area (Å²) in [5.74, 6) is 0.0879. The Balaban J connectivity index is 1.70. The van der Waals surface area contributed by atoms with Gasteiger partial charge in [0.05, 0.1) is 6.54 Å². The molecular formula is C16H20N2O3. The van der Waals surface area contributed by atoms with Crippen molar-refractivity contribution in [3.63, 3.8) is 0 Å². The van der Waals surface area contributed by atoms with E-state index in [4.69, 9.17) is 4.74 Å². The number of amides is 2. The molecule has 5 nitrogen and oxygen atoms in total. The lowest BCUT2D eigenvalue weighted by molar-refractivity contribution is -0.118. The summed E-state index contributed by atoms with van der Waals surface area (Å²) in [7, 11) is 0. The van der Waals surface area contributed by atoms with Crippen LogP contribution in [0, 0.1) is 6.92 Å². The number of ether oxygens (including phenoxy) is 1. The molecule has 0 radical (unpaired) electrons. The molecule has 5 heteroatoms. The molecule has 1 saturated heterocycles. The fourth-order valence-electron chi connectivity index (χ4n) is 3.09. The van der Waals surface area contributed by atoms with Crippen LogP contribution >= 0.6 is 0 Å². The lowest BCUT2D eigenvalue weighted by Crippen LogP contribution is -2.38. The molecule has 2 aliphatic heterocycles. The molecule has 0 aromatic heterocycles. The number of carbonyl (C=O) groups is 2. The van der Waals surface area contributed by atoms with Gasteiger partial charge in [-0.3, -0.25) is 4.79 Å². The van der Waals surface area contributed by atoms with E-state index in [1.54, 1.807) is 4.90 Å². The highest BCUT2D eigenvalue weighted by atomic mass is 16.6. The lowest BCUT2D eigenvalue weighted by atomic mass is 9.98. The molecule has 21 heavy (non-hydrogen) atoms. The Bertz CT molecular complexity index is 571. The largest absolute Gasteiger partial charge is 0.448 e. The molecule has 0 saturated carbocycles. The standard InChI is InChI=1S/C16H20N2O3/c1-12-4-2-5-13-6-3-8-18(15(12)13)14(19)7-9-17-10-11-21-16(17)20/h2,4-5H,3,6-11H2,1H3. The predicted molar refractivity (Wildman–Crippen MR) is 79.4 cm³/mol. The number of hydrogen-bond donors (Lipinski definition) is 0. The van der Waals surface area contributed by atoms with Crippen molar-refractivity contribution in [3.8, 4) is 0 Å². The summed E-state index contributed by atoms with van der Waals surface area (Å²) in [4.78, 5) is 27.4. The molecule has 0 spiro atoms. The molecule has 3 rings (SSSR count). The SMILES string of the molecule is Cc1cccc2c1N(C(=O)CCN1CCOC1=O)CCC2. The smallest absolute Gasteiger partial charge is 0.409 e. The van der Waals surface area contributed by atoms with Crippen molar-refractivity contribution >= 4 is 17.7 Å². The van der Waals surface area contributed by atoms with Gasteiger partial charge >= 0.3 is 6.09 Å². The fourth-order valence-corrected chi connectivity index (χ4v) is 3.09. The number of cyclic esters (lactones) is 1. The third-order valence-electron chi connectivity index (χ3n) is 4.16. The summed E-state index contributed by atoms with van der Waals surface area (Å²) in [6.07, 6.45) is 2.06.